The van der Waals surface area contributed by atoms with E-state index in [1.54, 1.807) is 7.11 Å². The first-order valence-corrected chi connectivity index (χ1v) is 7.76. The van der Waals surface area contributed by atoms with Crippen LogP contribution in [0.5, 0.6) is 5.75 Å². The Morgan fingerprint density at radius 2 is 1.87 bits per heavy atom. The number of hydrogen-bond acceptors (Lipinski definition) is 4. The fraction of sp³-hybridized carbons (Fsp3) is 0.263. The van der Waals surface area contributed by atoms with Crippen molar-refractivity contribution < 1.29 is 4.74 Å². The molecule has 0 fully saturated rings. The third-order valence-corrected chi connectivity index (χ3v) is 3.92. The molecule has 2 heterocycles. The summed E-state index contributed by atoms with van der Waals surface area (Å²) in [7, 11) is 3.80. The van der Waals surface area contributed by atoms with E-state index in [0.717, 1.165) is 41.9 Å². The van der Waals surface area contributed by atoms with E-state index in [0.29, 0.717) is 0 Å². The molecule has 3 aromatic rings. The molecule has 0 bridgehead atoms. The van der Waals surface area contributed by atoms with E-state index < -0.39 is 0 Å². The summed E-state index contributed by atoms with van der Waals surface area (Å²) in [4.78, 5) is 11.1. The van der Waals surface area contributed by atoms with Crippen molar-refractivity contribution in [1.82, 2.24) is 14.9 Å². The molecule has 3 rings (SSSR count). The minimum atomic E-state index is 0.819. The molecular weight excluding hydrogens is 286 g/mol. The molecule has 0 spiro atoms. The standard InChI is InChI=1S/C19H21N3O/c1-22(13-10-15-8-11-20-12-9-15)14-17-7-6-16-4-3-5-18(23-2)19(16)21-17/h3-9,11-12H,10,13-14H2,1-2H3. The number of nitrogens with zero attached hydrogens (tertiary/aromatic N) is 3. The third-order valence-electron chi connectivity index (χ3n) is 3.92. The molecule has 0 amide bonds. The maximum Gasteiger partial charge on any atom is 0.145 e. The van der Waals surface area contributed by atoms with Crippen molar-refractivity contribution in [2.75, 3.05) is 20.7 Å². The second-order valence-corrected chi connectivity index (χ2v) is 5.68. The van der Waals surface area contributed by atoms with Crippen molar-refractivity contribution in [3.63, 3.8) is 0 Å². The first-order valence-electron chi connectivity index (χ1n) is 7.76. The number of pyridine rings is 2. The molecule has 1 aromatic carbocycles. The predicted molar refractivity (Wildman–Crippen MR) is 92.6 cm³/mol. The molecule has 4 nitrogen and oxygen atoms in total. The summed E-state index contributed by atoms with van der Waals surface area (Å²) in [5.41, 5.74) is 3.29. The van der Waals surface area contributed by atoms with Gasteiger partial charge in [-0.3, -0.25) is 4.98 Å². The number of fused-ring (bicyclic) bond motifs is 1. The van der Waals surface area contributed by atoms with Crippen LogP contribution in [0.2, 0.25) is 0 Å². The Balaban J connectivity index is 1.68. The molecule has 0 atom stereocenters. The summed E-state index contributed by atoms with van der Waals surface area (Å²) in [6, 6.07) is 14.3. The van der Waals surface area contributed by atoms with Crippen LogP contribution in [0.3, 0.4) is 0 Å². The zero-order valence-corrected chi connectivity index (χ0v) is 13.6. The number of hydrogen-bond donors (Lipinski definition) is 0. The van der Waals surface area contributed by atoms with Crippen molar-refractivity contribution in [3.05, 3.63) is 66.1 Å². The Bertz CT molecular complexity index is 774. The minimum absolute atomic E-state index is 0.819. The van der Waals surface area contributed by atoms with Crippen LogP contribution in [0.4, 0.5) is 0 Å². The summed E-state index contributed by atoms with van der Waals surface area (Å²) in [5.74, 6) is 0.823. The van der Waals surface area contributed by atoms with Gasteiger partial charge in [0, 0.05) is 30.9 Å². The van der Waals surface area contributed by atoms with Gasteiger partial charge in [-0.1, -0.05) is 18.2 Å². The molecule has 4 heteroatoms. The van der Waals surface area contributed by atoms with Crippen molar-refractivity contribution in [2.24, 2.45) is 0 Å². The Morgan fingerprint density at radius 3 is 2.65 bits per heavy atom. The van der Waals surface area contributed by atoms with Crippen molar-refractivity contribution >= 4 is 10.9 Å². The number of benzene rings is 1. The van der Waals surface area contributed by atoms with Gasteiger partial charge in [0.25, 0.3) is 0 Å². The predicted octanol–water partition coefficient (Wildman–Crippen LogP) is 3.31. The summed E-state index contributed by atoms with van der Waals surface area (Å²) in [6.45, 7) is 1.80. The van der Waals surface area contributed by atoms with Crippen LogP contribution < -0.4 is 4.74 Å². The van der Waals surface area contributed by atoms with Gasteiger partial charge in [-0.05, 0) is 43.3 Å². The Hall–Kier alpha value is -2.46. The summed E-state index contributed by atoms with van der Waals surface area (Å²) in [5, 5.41) is 1.10. The van der Waals surface area contributed by atoms with Gasteiger partial charge in [0.2, 0.25) is 0 Å². The second kappa shape index (κ2) is 7.20. The fourth-order valence-corrected chi connectivity index (χ4v) is 2.64. The van der Waals surface area contributed by atoms with Gasteiger partial charge in [0.1, 0.15) is 11.3 Å². The Kier molecular flexibility index (Phi) is 4.83. The van der Waals surface area contributed by atoms with E-state index in [1.165, 1.54) is 5.56 Å². The SMILES string of the molecule is COc1cccc2ccc(CN(C)CCc3ccncc3)nc12. The lowest BCUT2D eigenvalue weighted by Gasteiger charge is -2.16. The van der Waals surface area contributed by atoms with Crippen LogP contribution in [0.25, 0.3) is 10.9 Å². The second-order valence-electron chi connectivity index (χ2n) is 5.68. The first-order chi connectivity index (χ1) is 11.3. The molecule has 0 aliphatic carbocycles. The highest BCUT2D eigenvalue weighted by molar-refractivity contribution is 5.84. The lowest BCUT2D eigenvalue weighted by atomic mass is 10.1. The molecule has 2 aromatic heterocycles. The summed E-state index contributed by atoms with van der Waals surface area (Å²) >= 11 is 0. The summed E-state index contributed by atoms with van der Waals surface area (Å²) in [6.07, 6.45) is 4.69. The highest BCUT2D eigenvalue weighted by atomic mass is 16.5. The Morgan fingerprint density at radius 1 is 1.04 bits per heavy atom. The van der Waals surface area contributed by atoms with Gasteiger partial charge in [0.05, 0.1) is 12.8 Å². The minimum Gasteiger partial charge on any atom is -0.494 e. The Labute approximate surface area is 136 Å². The van der Waals surface area contributed by atoms with Crippen molar-refractivity contribution in [3.8, 4) is 5.75 Å². The molecule has 0 aliphatic heterocycles. The summed E-state index contributed by atoms with van der Waals surface area (Å²) < 4.78 is 5.41. The molecule has 23 heavy (non-hydrogen) atoms. The maximum absolute atomic E-state index is 5.41. The monoisotopic (exact) mass is 307 g/mol. The van der Waals surface area contributed by atoms with Gasteiger partial charge in [-0.2, -0.15) is 0 Å². The van der Waals surface area contributed by atoms with Crippen LogP contribution in [0.15, 0.2) is 54.9 Å². The highest BCUT2D eigenvalue weighted by Gasteiger charge is 2.06. The molecule has 0 N–H and O–H groups in total. The van der Waals surface area contributed by atoms with Crippen LogP contribution >= 0.6 is 0 Å². The van der Waals surface area contributed by atoms with Crippen LogP contribution in [-0.4, -0.2) is 35.6 Å². The number of methoxy groups -OCH3 is 1. The van der Waals surface area contributed by atoms with Crippen molar-refractivity contribution in [1.29, 1.82) is 0 Å². The molecule has 0 saturated heterocycles. The van der Waals surface area contributed by atoms with Gasteiger partial charge >= 0.3 is 0 Å². The molecule has 0 unspecified atom stereocenters. The average molecular weight is 307 g/mol. The molecular formula is C19H21N3O. The smallest absolute Gasteiger partial charge is 0.145 e. The average Bonchev–Trinajstić information content (AvgIpc) is 2.60. The fourth-order valence-electron chi connectivity index (χ4n) is 2.64. The van der Waals surface area contributed by atoms with E-state index in [-0.39, 0.29) is 0 Å². The van der Waals surface area contributed by atoms with E-state index in [2.05, 4.69) is 47.3 Å². The largest absolute Gasteiger partial charge is 0.494 e. The highest BCUT2D eigenvalue weighted by Crippen LogP contribution is 2.23. The van der Waals surface area contributed by atoms with Gasteiger partial charge in [0.15, 0.2) is 0 Å². The van der Waals surface area contributed by atoms with E-state index in [9.17, 15) is 0 Å². The number of rotatable bonds is 6. The lowest BCUT2D eigenvalue weighted by molar-refractivity contribution is 0.327. The number of ether oxygens (including phenoxy) is 1. The zero-order valence-electron chi connectivity index (χ0n) is 13.6. The normalized spacial score (nSPS) is 11.1. The van der Waals surface area contributed by atoms with Gasteiger partial charge < -0.3 is 9.64 Å². The van der Waals surface area contributed by atoms with E-state index in [4.69, 9.17) is 9.72 Å². The quantitative estimate of drug-likeness (QED) is 0.700. The topological polar surface area (TPSA) is 38.2 Å². The molecule has 0 radical (unpaired) electrons. The van der Waals surface area contributed by atoms with Gasteiger partial charge in [-0.15, -0.1) is 0 Å². The molecule has 0 saturated carbocycles. The number of para-hydroxylation sites is 1. The molecule has 118 valence electrons. The van der Waals surface area contributed by atoms with Crippen LogP contribution in [0.1, 0.15) is 11.3 Å². The van der Waals surface area contributed by atoms with Gasteiger partial charge in [-0.25, -0.2) is 4.98 Å². The van der Waals surface area contributed by atoms with Crippen LogP contribution in [-0.2, 0) is 13.0 Å². The zero-order chi connectivity index (χ0) is 16.1. The molecule has 0 aliphatic rings. The van der Waals surface area contributed by atoms with Crippen molar-refractivity contribution in [2.45, 2.75) is 13.0 Å². The van der Waals surface area contributed by atoms with Crippen LogP contribution in [0, 0.1) is 0 Å². The number of likely N-dealkylation sites (N-methyl/N-ethyl adjacent to an activating group) is 1. The third kappa shape index (κ3) is 3.85. The first kappa shape index (κ1) is 15.4. The lowest BCUT2D eigenvalue weighted by Crippen LogP contribution is -2.21. The van der Waals surface area contributed by atoms with E-state index >= 15 is 0 Å². The van der Waals surface area contributed by atoms with E-state index in [1.807, 2.05) is 24.5 Å². The maximum atomic E-state index is 5.41. The number of aromatic nitrogens is 2.